The van der Waals surface area contributed by atoms with Gasteiger partial charge >= 0.3 is 0 Å². The van der Waals surface area contributed by atoms with Crippen LogP contribution < -0.4 is 4.74 Å². The van der Waals surface area contributed by atoms with Gasteiger partial charge in [-0.2, -0.15) is 0 Å². The first-order valence-electron chi connectivity index (χ1n) is 6.96. The van der Waals surface area contributed by atoms with Crippen LogP contribution >= 0.6 is 34.9 Å². The molecule has 0 unspecified atom stereocenters. The minimum atomic E-state index is -0.155. The molecule has 0 saturated carbocycles. The first kappa shape index (κ1) is 18.1. The number of carbonyl (C=O) groups is 1. The topological polar surface area (TPSA) is 55.3 Å². The Bertz CT molecular complexity index is 644. The van der Waals surface area contributed by atoms with Crippen molar-refractivity contribution in [2.75, 3.05) is 21.2 Å². The summed E-state index contributed by atoms with van der Waals surface area (Å²) in [4.78, 5) is 13.5. The Balaban J connectivity index is 1.88. The van der Waals surface area contributed by atoms with Crippen molar-refractivity contribution in [3.05, 3.63) is 29.8 Å². The summed E-state index contributed by atoms with van der Waals surface area (Å²) >= 11 is 4.62. The number of nitrogens with zero attached hydrogens (tertiary/aromatic N) is 3. The zero-order chi connectivity index (χ0) is 16.8. The first-order valence-corrected chi connectivity index (χ1v) is 9.65. The number of hydrogen-bond acceptors (Lipinski definition) is 7. The molecule has 0 fully saturated rings. The van der Waals surface area contributed by atoms with Crippen molar-refractivity contribution >= 4 is 40.8 Å². The number of benzene rings is 1. The fraction of sp³-hybridized carbons (Fsp3) is 0.400. The second kappa shape index (κ2) is 8.56. The van der Waals surface area contributed by atoms with Gasteiger partial charge in [-0.1, -0.05) is 47.0 Å². The highest BCUT2D eigenvalue weighted by atomic mass is 32.2. The number of ether oxygens (including phenoxy) is 1. The lowest BCUT2D eigenvalue weighted by molar-refractivity contribution is -0.127. The average molecular weight is 370 g/mol. The Kier molecular flexibility index (Phi) is 6.73. The molecule has 1 aromatic heterocycles. The zero-order valence-corrected chi connectivity index (χ0v) is 15.9. The van der Waals surface area contributed by atoms with Crippen LogP contribution in [-0.4, -0.2) is 47.5 Å². The monoisotopic (exact) mass is 369 g/mol. The van der Waals surface area contributed by atoms with E-state index in [1.807, 2.05) is 31.2 Å². The highest BCUT2D eigenvalue weighted by molar-refractivity contribution is 8.03. The molecule has 0 saturated heterocycles. The van der Waals surface area contributed by atoms with Gasteiger partial charge in [0.15, 0.2) is 8.68 Å². The second-order valence-electron chi connectivity index (χ2n) is 4.96. The molecule has 0 radical (unpaired) electrons. The molecule has 1 aromatic carbocycles. The van der Waals surface area contributed by atoms with E-state index in [0.29, 0.717) is 0 Å². The van der Waals surface area contributed by atoms with Gasteiger partial charge in [0.2, 0.25) is 5.91 Å². The minimum Gasteiger partial charge on any atom is -0.497 e. The van der Waals surface area contributed by atoms with Crippen molar-refractivity contribution in [3.8, 4) is 5.75 Å². The Hall–Kier alpha value is -1.25. The molecule has 0 N–H and O–H groups in total. The van der Waals surface area contributed by atoms with E-state index in [-0.39, 0.29) is 11.2 Å². The summed E-state index contributed by atoms with van der Waals surface area (Å²) in [7, 11) is 5.18. The van der Waals surface area contributed by atoms with Crippen molar-refractivity contribution in [3.63, 3.8) is 0 Å². The number of thioether (sulfide) groups is 2. The molecule has 2 aromatic rings. The SMILES string of the molecule is COc1ccc(CSc2nnc(S[C@@H](C)C(=O)N(C)C)s2)cc1. The minimum absolute atomic E-state index is 0.0811. The molecule has 23 heavy (non-hydrogen) atoms. The van der Waals surface area contributed by atoms with E-state index in [9.17, 15) is 4.79 Å². The van der Waals surface area contributed by atoms with Crippen molar-refractivity contribution in [2.24, 2.45) is 0 Å². The van der Waals surface area contributed by atoms with Gasteiger partial charge in [0.05, 0.1) is 12.4 Å². The van der Waals surface area contributed by atoms with Gasteiger partial charge in [-0.3, -0.25) is 4.79 Å². The van der Waals surface area contributed by atoms with E-state index in [0.717, 1.165) is 20.2 Å². The fourth-order valence-electron chi connectivity index (χ4n) is 1.74. The van der Waals surface area contributed by atoms with Gasteiger partial charge in [-0.15, -0.1) is 10.2 Å². The van der Waals surface area contributed by atoms with Gasteiger partial charge in [0.1, 0.15) is 5.75 Å². The molecule has 0 aliphatic carbocycles. The Morgan fingerprint density at radius 1 is 1.26 bits per heavy atom. The summed E-state index contributed by atoms with van der Waals surface area (Å²) in [5.41, 5.74) is 1.20. The van der Waals surface area contributed by atoms with Crippen molar-refractivity contribution in [2.45, 2.75) is 26.6 Å². The molecule has 8 heteroatoms. The van der Waals surface area contributed by atoms with Crippen molar-refractivity contribution < 1.29 is 9.53 Å². The third kappa shape index (κ3) is 5.40. The lowest BCUT2D eigenvalue weighted by atomic mass is 10.2. The van der Waals surface area contributed by atoms with Crippen LogP contribution in [0.4, 0.5) is 0 Å². The number of hydrogen-bond donors (Lipinski definition) is 0. The number of methoxy groups -OCH3 is 1. The van der Waals surface area contributed by atoms with Crippen LogP contribution in [0.5, 0.6) is 5.75 Å². The van der Waals surface area contributed by atoms with E-state index in [1.54, 1.807) is 37.9 Å². The smallest absolute Gasteiger partial charge is 0.235 e. The predicted molar refractivity (Wildman–Crippen MR) is 96.5 cm³/mol. The maximum absolute atomic E-state index is 11.9. The molecule has 0 aliphatic heterocycles. The van der Waals surface area contributed by atoms with Gasteiger partial charge in [0.25, 0.3) is 0 Å². The molecule has 0 spiro atoms. The number of rotatable bonds is 7. The predicted octanol–water partition coefficient (Wildman–Crippen LogP) is 3.41. The fourth-order valence-corrected chi connectivity index (χ4v) is 5.00. The molecule has 0 aliphatic rings. The summed E-state index contributed by atoms with van der Waals surface area (Å²) in [5, 5.41) is 8.19. The molecular weight excluding hydrogens is 350 g/mol. The number of carbonyl (C=O) groups excluding carboxylic acids is 1. The van der Waals surface area contributed by atoms with E-state index >= 15 is 0 Å². The first-order chi connectivity index (χ1) is 11.0. The number of amides is 1. The van der Waals surface area contributed by atoms with E-state index in [4.69, 9.17) is 4.74 Å². The van der Waals surface area contributed by atoms with Crippen LogP contribution in [0.3, 0.4) is 0 Å². The molecule has 5 nitrogen and oxygen atoms in total. The normalized spacial score (nSPS) is 12.0. The molecular formula is C15H19N3O2S3. The lowest BCUT2D eigenvalue weighted by Gasteiger charge is -2.14. The summed E-state index contributed by atoms with van der Waals surface area (Å²) in [6.07, 6.45) is 0. The third-order valence-electron chi connectivity index (χ3n) is 2.98. The highest BCUT2D eigenvalue weighted by Gasteiger charge is 2.18. The van der Waals surface area contributed by atoms with Gasteiger partial charge in [0, 0.05) is 19.8 Å². The molecule has 1 amide bonds. The van der Waals surface area contributed by atoms with Crippen LogP contribution in [0.1, 0.15) is 12.5 Å². The molecule has 1 atom stereocenters. The molecule has 124 valence electrons. The van der Waals surface area contributed by atoms with E-state index < -0.39 is 0 Å². The van der Waals surface area contributed by atoms with Crippen molar-refractivity contribution in [1.82, 2.24) is 15.1 Å². The maximum Gasteiger partial charge on any atom is 0.235 e. The Morgan fingerprint density at radius 3 is 2.52 bits per heavy atom. The van der Waals surface area contributed by atoms with E-state index in [1.165, 1.54) is 28.7 Å². The van der Waals surface area contributed by atoms with Crippen LogP contribution in [-0.2, 0) is 10.5 Å². The van der Waals surface area contributed by atoms with Gasteiger partial charge in [-0.05, 0) is 24.6 Å². The maximum atomic E-state index is 11.9. The average Bonchev–Trinajstić information content (AvgIpc) is 2.99. The van der Waals surface area contributed by atoms with Crippen molar-refractivity contribution in [1.29, 1.82) is 0 Å². The number of aromatic nitrogens is 2. The molecule has 1 heterocycles. The summed E-state index contributed by atoms with van der Waals surface area (Å²) in [6.45, 7) is 1.89. The summed E-state index contributed by atoms with van der Waals surface area (Å²) in [6, 6.07) is 7.98. The Labute approximate surface area is 148 Å². The standard InChI is InChI=1S/C15H19N3O2S3/c1-10(13(19)18(2)3)22-15-17-16-14(23-15)21-9-11-5-7-12(20-4)8-6-11/h5-8,10H,9H2,1-4H3/t10-/m0/s1. The largest absolute Gasteiger partial charge is 0.497 e. The third-order valence-corrected chi connectivity index (χ3v) is 6.27. The van der Waals surface area contributed by atoms with Gasteiger partial charge < -0.3 is 9.64 Å². The quantitative estimate of drug-likeness (QED) is 0.697. The van der Waals surface area contributed by atoms with Crippen LogP contribution in [0, 0.1) is 0 Å². The second-order valence-corrected chi connectivity index (χ2v) is 8.75. The van der Waals surface area contributed by atoms with Crippen LogP contribution in [0.2, 0.25) is 0 Å². The van der Waals surface area contributed by atoms with Crippen LogP contribution in [0.25, 0.3) is 0 Å². The van der Waals surface area contributed by atoms with Crippen LogP contribution in [0.15, 0.2) is 32.9 Å². The van der Waals surface area contributed by atoms with Gasteiger partial charge in [-0.25, -0.2) is 0 Å². The highest BCUT2D eigenvalue weighted by Crippen LogP contribution is 2.33. The lowest BCUT2D eigenvalue weighted by Crippen LogP contribution is -2.29. The summed E-state index contributed by atoms with van der Waals surface area (Å²) in [5.74, 6) is 1.76. The molecule has 0 bridgehead atoms. The Morgan fingerprint density at radius 2 is 1.91 bits per heavy atom. The molecule has 2 rings (SSSR count). The summed E-state index contributed by atoms with van der Waals surface area (Å²) < 4.78 is 6.88. The van der Waals surface area contributed by atoms with E-state index in [2.05, 4.69) is 10.2 Å². The zero-order valence-electron chi connectivity index (χ0n) is 13.5.